The highest BCUT2D eigenvalue weighted by Gasteiger charge is 2.28. The number of rotatable bonds is 6. The van der Waals surface area contributed by atoms with Crippen molar-refractivity contribution in [1.29, 1.82) is 0 Å². The molecule has 1 aromatic heterocycles. The number of esters is 1. The van der Waals surface area contributed by atoms with E-state index in [9.17, 15) is 4.79 Å². The van der Waals surface area contributed by atoms with Crippen molar-refractivity contribution in [2.45, 2.75) is 32.9 Å². The van der Waals surface area contributed by atoms with Gasteiger partial charge in [-0.3, -0.25) is 0 Å². The Balaban J connectivity index is 1.77. The van der Waals surface area contributed by atoms with Crippen LogP contribution in [0.1, 0.15) is 42.2 Å². The largest absolute Gasteiger partial charge is 0.496 e. The number of methoxy groups -OCH3 is 2. The molecule has 0 saturated carbocycles. The van der Waals surface area contributed by atoms with E-state index < -0.39 is 5.97 Å². The van der Waals surface area contributed by atoms with Gasteiger partial charge in [0.25, 0.3) is 0 Å². The first-order valence-corrected chi connectivity index (χ1v) is 10.3. The average molecular weight is 414 g/mol. The third kappa shape index (κ3) is 4.93. The molecular formula is C22H31N5O3. The second-order valence-corrected chi connectivity index (χ2v) is 7.49. The Labute approximate surface area is 177 Å². The van der Waals surface area contributed by atoms with Crippen molar-refractivity contribution in [1.82, 2.24) is 19.8 Å². The Morgan fingerprint density at radius 3 is 2.87 bits per heavy atom. The molecule has 1 N–H and O–H groups in total. The number of guanidine groups is 1. The molecule has 2 atom stereocenters. The maximum absolute atomic E-state index is 11.9. The molecule has 1 aromatic carbocycles. The number of hydrogen-bond donors (Lipinski definition) is 1. The number of aliphatic imine (C=N–C) groups is 1. The molecule has 1 aliphatic rings. The Bertz CT molecular complexity index is 866. The zero-order chi connectivity index (χ0) is 21.5. The van der Waals surface area contributed by atoms with Gasteiger partial charge in [0, 0.05) is 32.0 Å². The average Bonchev–Trinajstić information content (AvgIpc) is 3.31. The lowest BCUT2D eigenvalue weighted by Crippen LogP contribution is -2.49. The van der Waals surface area contributed by atoms with Gasteiger partial charge in [-0.05, 0) is 37.0 Å². The van der Waals surface area contributed by atoms with Crippen LogP contribution in [0.2, 0.25) is 0 Å². The number of aromatic nitrogens is 2. The Morgan fingerprint density at radius 1 is 1.37 bits per heavy atom. The number of piperidine rings is 1. The van der Waals surface area contributed by atoms with Crippen molar-refractivity contribution >= 4 is 11.9 Å². The summed E-state index contributed by atoms with van der Waals surface area (Å²) in [6.07, 6.45) is 6.85. The van der Waals surface area contributed by atoms with E-state index in [2.05, 4.69) is 33.6 Å². The predicted molar refractivity (Wildman–Crippen MR) is 116 cm³/mol. The summed E-state index contributed by atoms with van der Waals surface area (Å²) in [5, 5.41) is 3.42. The molecule has 3 rings (SSSR count). The van der Waals surface area contributed by atoms with Crippen molar-refractivity contribution in [3.05, 3.63) is 48.0 Å². The van der Waals surface area contributed by atoms with E-state index in [1.54, 1.807) is 13.2 Å². The third-order valence-corrected chi connectivity index (χ3v) is 5.54. The SMILES string of the molecule is CCNC(=NCc1ccc(C(=O)OC)c(OC)c1)N1CCC(C)C(n2ccnc2)C1. The van der Waals surface area contributed by atoms with Gasteiger partial charge in [0.2, 0.25) is 0 Å². The second-order valence-electron chi connectivity index (χ2n) is 7.49. The first-order chi connectivity index (χ1) is 14.6. The van der Waals surface area contributed by atoms with Crippen LogP contribution >= 0.6 is 0 Å². The van der Waals surface area contributed by atoms with E-state index in [-0.39, 0.29) is 0 Å². The molecule has 0 amide bonds. The zero-order valence-corrected chi connectivity index (χ0v) is 18.2. The number of benzene rings is 1. The molecule has 30 heavy (non-hydrogen) atoms. The third-order valence-electron chi connectivity index (χ3n) is 5.54. The van der Waals surface area contributed by atoms with Crippen molar-refractivity contribution in [2.24, 2.45) is 10.9 Å². The Morgan fingerprint density at radius 2 is 2.20 bits per heavy atom. The number of nitrogens with one attached hydrogen (secondary N) is 1. The number of hydrogen-bond acceptors (Lipinski definition) is 5. The van der Waals surface area contributed by atoms with Gasteiger partial charge in [0.05, 0.1) is 33.1 Å². The van der Waals surface area contributed by atoms with Crippen LogP contribution in [0.25, 0.3) is 0 Å². The van der Waals surface area contributed by atoms with Gasteiger partial charge in [-0.25, -0.2) is 14.8 Å². The van der Waals surface area contributed by atoms with Crippen LogP contribution in [0.4, 0.5) is 0 Å². The van der Waals surface area contributed by atoms with Gasteiger partial charge >= 0.3 is 5.97 Å². The lowest BCUT2D eigenvalue weighted by molar-refractivity contribution is 0.0597. The summed E-state index contributed by atoms with van der Waals surface area (Å²) in [4.78, 5) is 23.2. The lowest BCUT2D eigenvalue weighted by atomic mass is 9.93. The standard InChI is InChI=1S/C22H31N5O3/c1-5-24-22(26-10-8-16(2)19(14-26)27-11-9-23-15-27)25-13-17-6-7-18(21(28)30-4)20(12-17)29-3/h6-7,9,11-12,15-16,19H,5,8,10,13-14H2,1-4H3,(H,24,25). The van der Waals surface area contributed by atoms with Crippen molar-refractivity contribution in [3.8, 4) is 5.75 Å². The molecule has 2 heterocycles. The minimum Gasteiger partial charge on any atom is -0.496 e. The number of carbonyl (C=O) groups is 1. The number of ether oxygens (including phenoxy) is 2. The molecule has 0 spiro atoms. The van der Waals surface area contributed by atoms with Gasteiger partial charge in [0.1, 0.15) is 11.3 Å². The highest BCUT2D eigenvalue weighted by atomic mass is 16.5. The van der Waals surface area contributed by atoms with Gasteiger partial charge in [-0.15, -0.1) is 0 Å². The van der Waals surface area contributed by atoms with Crippen LogP contribution in [0, 0.1) is 5.92 Å². The van der Waals surface area contributed by atoms with E-state index in [1.807, 2.05) is 30.9 Å². The smallest absolute Gasteiger partial charge is 0.341 e. The maximum Gasteiger partial charge on any atom is 0.341 e. The van der Waals surface area contributed by atoms with Crippen molar-refractivity contribution in [3.63, 3.8) is 0 Å². The molecule has 2 unspecified atom stereocenters. The van der Waals surface area contributed by atoms with Gasteiger partial charge < -0.3 is 24.3 Å². The van der Waals surface area contributed by atoms with Crippen molar-refractivity contribution in [2.75, 3.05) is 33.9 Å². The number of carbonyl (C=O) groups excluding carboxylic acids is 1. The van der Waals surface area contributed by atoms with Gasteiger partial charge in [-0.1, -0.05) is 13.0 Å². The van der Waals surface area contributed by atoms with Crippen LogP contribution in [0.15, 0.2) is 41.9 Å². The number of likely N-dealkylation sites (tertiary alicyclic amines) is 1. The molecule has 1 fully saturated rings. The summed E-state index contributed by atoms with van der Waals surface area (Å²) in [7, 11) is 2.91. The van der Waals surface area contributed by atoms with Crippen LogP contribution < -0.4 is 10.1 Å². The van der Waals surface area contributed by atoms with Crippen LogP contribution in [0.3, 0.4) is 0 Å². The van der Waals surface area contributed by atoms with E-state index in [0.29, 0.717) is 29.8 Å². The molecule has 0 radical (unpaired) electrons. The monoisotopic (exact) mass is 413 g/mol. The fourth-order valence-corrected chi connectivity index (χ4v) is 3.80. The first-order valence-electron chi connectivity index (χ1n) is 10.3. The quantitative estimate of drug-likeness (QED) is 0.446. The summed E-state index contributed by atoms with van der Waals surface area (Å²) in [6.45, 7) is 7.49. The van der Waals surface area contributed by atoms with E-state index in [4.69, 9.17) is 14.5 Å². The number of nitrogens with zero attached hydrogens (tertiary/aromatic N) is 4. The summed E-state index contributed by atoms with van der Waals surface area (Å²) < 4.78 is 12.4. The van der Waals surface area contributed by atoms with Crippen LogP contribution in [-0.4, -0.2) is 60.2 Å². The maximum atomic E-state index is 11.9. The molecule has 1 aliphatic heterocycles. The molecule has 8 heteroatoms. The second kappa shape index (κ2) is 10.1. The molecular weight excluding hydrogens is 382 g/mol. The minimum absolute atomic E-state index is 0.365. The van der Waals surface area contributed by atoms with Gasteiger partial charge in [0.15, 0.2) is 5.96 Å². The van der Waals surface area contributed by atoms with Crippen LogP contribution in [-0.2, 0) is 11.3 Å². The fourth-order valence-electron chi connectivity index (χ4n) is 3.80. The minimum atomic E-state index is -0.414. The topological polar surface area (TPSA) is 81.0 Å². The van der Waals surface area contributed by atoms with Crippen molar-refractivity contribution < 1.29 is 14.3 Å². The molecule has 2 aromatic rings. The predicted octanol–water partition coefficient (Wildman–Crippen LogP) is 2.73. The number of imidazole rings is 1. The van der Waals surface area contributed by atoms with Gasteiger partial charge in [-0.2, -0.15) is 0 Å². The zero-order valence-electron chi connectivity index (χ0n) is 18.2. The van der Waals surface area contributed by atoms with E-state index in [0.717, 1.165) is 37.6 Å². The Hall–Kier alpha value is -3.03. The highest BCUT2D eigenvalue weighted by molar-refractivity contribution is 5.92. The highest BCUT2D eigenvalue weighted by Crippen LogP contribution is 2.27. The molecule has 0 aliphatic carbocycles. The summed E-state index contributed by atoms with van der Waals surface area (Å²) in [6, 6.07) is 5.81. The summed E-state index contributed by atoms with van der Waals surface area (Å²) in [5.74, 6) is 1.55. The molecule has 0 bridgehead atoms. The van der Waals surface area contributed by atoms with E-state index >= 15 is 0 Å². The lowest BCUT2D eigenvalue weighted by Gasteiger charge is -2.39. The fraction of sp³-hybridized carbons (Fsp3) is 0.500. The normalized spacial score (nSPS) is 19.5. The summed E-state index contributed by atoms with van der Waals surface area (Å²) >= 11 is 0. The molecule has 162 valence electrons. The Kier molecular flexibility index (Phi) is 7.32. The summed E-state index contributed by atoms with van der Waals surface area (Å²) in [5.41, 5.74) is 1.37. The molecule has 8 nitrogen and oxygen atoms in total. The first kappa shape index (κ1) is 21.7. The van der Waals surface area contributed by atoms with E-state index in [1.165, 1.54) is 7.11 Å². The van der Waals surface area contributed by atoms with Crippen LogP contribution in [0.5, 0.6) is 5.75 Å². The molecule has 1 saturated heterocycles.